The first-order valence-electron chi connectivity index (χ1n) is 9.51. The van der Waals surface area contributed by atoms with Gasteiger partial charge in [0.15, 0.2) is 5.96 Å². The average molecular weight is 466 g/mol. The van der Waals surface area contributed by atoms with E-state index in [-0.39, 0.29) is 29.9 Å². The molecule has 1 aliphatic carbocycles. The SMILES string of the molecule is CN=C(NCCCCCC(=O)OC)NC1CCN(C2CCCC2)C1.I. The van der Waals surface area contributed by atoms with E-state index < -0.39 is 0 Å². The smallest absolute Gasteiger partial charge is 0.305 e. The number of nitrogens with zero attached hydrogens (tertiary/aromatic N) is 2. The number of guanidine groups is 1. The second-order valence-electron chi connectivity index (χ2n) is 6.95. The fraction of sp³-hybridized carbons (Fsp3) is 0.889. The van der Waals surface area contributed by atoms with Crippen LogP contribution in [0.4, 0.5) is 0 Å². The van der Waals surface area contributed by atoms with Gasteiger partial charge in [0.2, 0.25) is 0 Å². The Kier molecular flexibility index (Phi) is 11.4. The maximum atomic E-state index is 11.0. The van der Waals surface area contributed by atoms with Crippen LogP contribution in [0.15, 0.2) is 4.99 Å². The second-order valence-corrected chi connectivity index (χ2v) is 6.95. The maximum absolute atomic E-state index is 11.0. The number of unbranched alkanes of at least 4 members (excludes halogenated alkanes) is 2. The predicted molar refractivity (Wildman–Crippen MR) is 113 cm³/mol. The van der Waals surface area contributed by atoms with E-state index >= 15 is 0 Å². The van der Waals surface area contributed by atoms with Gasteiger partial charge in [0.05, 0.1) is 7.11 Å². The fourth-order valence-electron chi connectivity index (χ4n) is 3.77. The molecule has 0 radical (unpaired) electrons. The molecule has 0 aromatic rings. The molecule has 1 atom stereocenters. The van der Waals surface area contributed by atoms with Crippen LogP contribution in [0.25, 0.3) is 0 Å². The van der Waals surface area contributed by atoms with Gasteiger partial charge < -0.3 is 15.4 Å². The Balaban J connectivity index is 0.00000312. The summed E-state index contributed by atoms with van der Waals surface area (Å²) in [5.41, 5.74) is 0. The number of rotatable bonds is 8. The Hall–Kier alpha value is -0.570. The highest BCUT2D eigenvalue weighted by atomic mass is 127. The Labute approximate surface area is 169 Å². The monoisotopic (exact) mass is 466 g/mol. The van der Waals surface area contributed by atoms with Crippen LogP contribution in [0.3, 0.4) is 0 Å². The molecule has 1 unspecified atom stereocenters. The minimum Gasteiger partial charge on any atom is -0.469 e. The molecular formula is C18H35IN4O2. The van der Waals surface area contributed by atoms with E-state index in [2.05, 4.69) is 25.3 Å². The number of aliphatic imine (C=N–C) groups is 1. The van der Waals surface area contributed by atoms with Gasteiger partial charge in [-0.25, -0.2) is 0 Å². The first-order valence-corrected chi connectivity index (χ1v) is 9.51. The standard InChI is InChI=1S/C18H34N4O2.HI/c1-19-18(20-12-7-3-4-10-17(23)24-2)21-15-11-13-22(14-15)16-8-5-6-9-16;/h15-16H,3-14H2,1-2H3,(H2,19,20,21);1H. The molecule has 2 N–H and O–H groups in total. The van der Waals surface area contributed by atoms with Gasteiger partial charge in [-0.15, -0.1) is 24.0 Å². The van der Waals surface area contributed by atoms with Gasteiger partial charge >= 0.3 is 5.97 Å². The first-order chi connectivity index (χ1) is 11.7. The summed E-state index contributed by atoms with van der Waals surface area (Å²) in [5, 5.41) is 6.95. The van der Waals surface area contributed by atoms with E-state index in [9.17, 15) is 4.79 Å². The van der Waals surface area contributed by atoms with Crippen LogP contribution < -0.4 is 10.6 Å². The normalized spacial score (nSPS) is 21.8. The van der Waals surface area contributed by atoms with Crippen LogP contribution in [-0.4, -0.2) is 62.7 Å². The van der Waals surface area contributed by atoms with E-state index in [1.807, 2.05) is 7.05 Å². The quantitative estimate of drug-likeness (QED) is 0.189. The summed E-state index contributed by atoms with van der Waals surface area (Å²) >= 11 is 0. The van der Waals surface area contributed by atoms with Crippen LogP contribution in [0.5, 0.6) is 0 Å². The lowest BCUT2D eigenvalue weighted by atomic mass is 10.2. The van der Waals surface area contributed by atoms with Crippen molar-refractivity contribution in [1.82, 2.24) is 15.5 Å². The van der Waals surface area contributed by atoms with Crippen molar-refractivity contribution in [2.75, 3.05) is 33.8 Å². The molecule has 0 aromatic carbocycles. The predicted octanol–water partition coefficient (Wildman–Crippen LogP) is 2.52. The van der Waals surface area contributed by atoms with Crippen molar-refractivity contribution in [1.29, 1.82) is 0 Å². The average Bonchev–Trinajstić information content (AvgIpc) is 3.27. The summed E-state index contributed by atoms with van der Waals surface area (Å²) in [6, 6.07) is 1.33. The van der Waals surface area contributed by atoms with E-state index in [0.717, 1.165) is 44.4 Å². The van der Waals surface area contributed by atoms with Gasteiger partial charge in [-0.05, 0) is 32.1 Å². The summed E-state index contributed by atoms with van der Waals surface area (Å²) in [7, 11) is 3.27. The van der Waals surface area contributed by atoms with Crippen molar-refractivity contribution >= 4 is 35.9 Å². The number of carbonyl (C=O) groups excluding carboxylic acids is 1. The number of halogens is 1. The van der Waals surface area contributed by atoms with Crippen molar-refractivity contribution in [2.45, 2.75) is 69.9 Å². The minimum absolute atomic E-state index is 0. The number of esters is 1. The molecule has 2 rings (SSSR count). The fourth-order valence-corrected chi connectivity index (χ4v) is 3.77. The van der Waals surface area contributed by atoms with Crippen molar-refractivity contribution in [3.8, 4) is 0 Å². The zero-order valence-electron chi connectivity index (χ0n) is 15.8. The largest absolute Gasteiger partial charge is 0.469 e. The lowest BCUT2D eigenvalue weighted by Gasteiger charge is -2.24. The Bertz CT molecular complexity index is 414. The molecule has 0 aromatic heterocycles. The van der Waals surface area contributed by atoms with E-state index in [1.165, 1.54) is 45.8 Å². The molecule has 7 heteroatoms. The lowest BCUT2D eigenvalue weighted by Crippen LogP contribution is -2.45. The summed E-state index contributed by atoms with van der Waals surface area (Å²) in [6.45, 7) is 3.25. The molecule has 25 heavy (non-hydrogen) atoms. The first kappa shape index (κ1) is 22.5. The molecule has 0 bridgehead atoms. The summed E-state index contributed by atoms with van der Waals surface area (Å²) in [5.74, 6) is 0.787. The third kappa shape index (κ3) is 8.11. The Morgan fingerprint density at radius 3 is 2.64 bits per heavy atom. The zero-order chi connectivity index (χ0) is 17.2. The molecule has 1 saturated heterocycles. The highest BCUT2D eigenvalue weighted by Gasteiger charge is 2.30. The van der Waals surface area contributed by atoms with Gasteiger partial charge in [-0.3, -0.25) is 14.7 Å². The molecule has 0 spiro atoms. The number of likely N-dealkylation sites (tertiary alicyclic amines) is 1. The van der Waals surface area contributed by atoms with Crippen LogP contribution in [0.1, 0.15) is 57.8 Å². The molecular weight excluding hydrogens is 431 g/mol. The molecule has 2 fully saturated rings. The highest BCUT2D eigenvalue weighted by molar-refractivity contribution is 14.0. The van der Waals surface area contributed by atoms with E-state index in [1.54, 1.807) is 0 Å². The number of hydrogen-bond donors (Lipinski definition) is 2. The maximum Gasteiger partial charge on any atom is 0.305 e. The van der Waals surface area contributed by atoms with Gasteiger partial charge in [-0.2, -0.15) is 0 Å². The third-order valence-electron chi connectivity index (χ3n) is 5.20. The second kappa shape index (κ2) is 12.7. The van der Waals surface area contributed by atoms with Gasteiger partial charge in [0.25, 0.3) is 0 Å². The van der Waals surface area contributed by atoms with Crippen molar-refractivity contribution < 1.29 is 9.53 Å². The van der Waals surface area contributed by atoms with E-state index in [4.69, 9.17) is 0 Å². The summed E-state index contributed by atoms with van der Waals surface area (Å²) in [4.78, 5) is 18.0. The molecule has 146 valence electrons. The molecule has 1 aliphatic heterocycles. The summed E-state index contributed by atoms with van der Waals surface area (Å²) < 4.78 is 4.64. The highest BCUT2D eigenvalue weighted by Crippen LogP contribution is 2.26. The van der Waals surface area contributed by atoms with E-state index in [0.29, 0.717) is 12.5 Å². The minimum atomic E-state index is -0.117. The zero-order valence-corrected chi connectivity index (χ0v) is 18.1. The summed E-state index contributed by atoms with van der Waals surface area (Å²) in [6.07, 6.45) is 10.2. The Morgan fingerprint density at radius 2 is 1.96 bits per heavy atom. The Morgan fingerprint density at radius 1 is 1.20 bits per heavy atom. The third-order valence-corrected chi connectivity index (χ3v) is 5.20. The number of ether oxygens (including phenoxy) is 1. The number of methoxy groups -OCH3 is 1. The van der Waals surface area contributed by atoms with Crippen molar-refractivity contribution in [2.24, 2.45) is 4.99 Å². The lowest BCUT2D eigenvalue weighted by molar-refractivity contribution is -0.140. The van der Waals surface area contributed by atoms with Crippen LogP contribution in [0.2, 0.25) is 0 Å². The van der Waals surface area contributed by atoms with Crippen LogP contribution in [-0.2, 0) is 9.53 Å². The number of hydrogen-bond acceptors (Lipinski definition) is 4. The van der Waals surface area contributed by atoms with Crippen molar-refractivity contribution in [3.63, 3.8) is 0 Å². The van der Waals surface area contributed by atoms with Crippen molar-refractivity contribution in [3.05, 3.63) is 0 Å². The molecule has 1 saturated carbocycles. The van der Waals surface area contributed by atoms with Gasteiger partial charge in [0, 0.05) is 45.2 Å². The van der Waals surface area contributed by atoms with Gasteiger partial charge in [0.1, 0.15) is 0 Å². The number of carbonyl (C=O) groups is 1. The molecule has 2 aliphatic rings. The molecule has 6 nitrogen and oxygen atoms in total. The van der Waals surface area contributed by atoms with Crippen LogP contribution >= 0.6 is 24.0 Å². The molecule has 1 heterocycles. The van der Waals surface area contributed by atoms with Gasteiger partial charge in [-0.1, -0.05) is 19.3 Å². The molecule has 0 amide bonds. The topological polar surface area (TPSA) is 66.0 Å². The number of nitrogens with one attached hydrogen (secondary N) is 2. The van der Waals surface area contributed by atoms with Crippen LogP contribution in [0, 0.1) is 0 Å².